The molecule has 1 aliphatic carbocycles. The van der Waals surface area contributed by atoms with Gasteiger partial charge in [-0.25, -0.2) is 0 Å². The van der Waals surface area contributed by atoms with Crippen molar-refractivity contribution in [2.75, 3.05) is 10.2 Å². The molecular formula is C26H22Cl2N2O. The molecule has 1 aliphatic heterocycles. The molecule has 0 fully saturated rings. The number of allylic oxidation sites excluding steroid dienone is 1. The van der Waals surface area contributed by atoms with Crippen LogP contribution in [0.3, 0.4) is 0 Å². The Labute approximate surface area is 192 Å². The Hall–Kier alpha value is -2.75. The lowest BCUT2D eigenvalue weighted by Crippen LogP contribution is -2.33. The van der Waals surface area contributed by atoms with Gasteiger partial charge in [0.15, 0.2) is 5.78 Å². The van der Waals surface area contributed by atoms with E-state index in [4.69, 9.17) is 23.2 Å². The molecule has 1 N–H and O–H groups in total. The maximum Gasteiger partial charge on any atom is 0.163 e. The van der Waals surface area contributed by atoms with E-state index < -0.39 is 0 Å². The van der Waals surface area contributed by atoms with E-state index in [9.17, 15) is 4.79 Å². The molecule has 3 nitrogen and oxygen atoms in total. The van der Waals surface area contributed by atoms with E-state index in [1.807, 2.05) is 60.7 Å². The quantitative estimate of drug-likeness (QED) is 0.460. The van der Waals surface area contributed by atoms with E-state index in [0.717, 1.165) is 46.6 Å². The minimum absolute atomic E-state index is 0.202. The molecule has 0 bridgehead atoms. The lowest BCUT2D eigenvalue weighted by atomic mass is 9.85. The van der Waals surface area contributed by atoms with Gasteiger partial charge in [-0.15, -0.1) is 0 Å². The number of carbonyl (C=O) groups excluding carboxylic acids is 1. The van der Waals surface area contributed by atoms with Crippen molar-refractivity contribution in [3.8, 4) is 0 Å². The second-order valence-corrected chi connectivity index (χ2v) is 8.89. The van der Waals surface area contributed by atoms with Gasteiger partial charge in [-0.1, -0.05) is 59.6 Å². The van der Waals surface area contributed by atoms with Gasteiger partial charge in [-0.3, -0.25) is 4.79 Å². The summed E-state index contributed by atoms with van der Waals surface area (Å²) in [5, 5.41) is 4.99. The van der Waals surface area contributed by atoms with Gasteiger partial charge in [0.05, 0.1) is 17.4 Å². The number of ketones is 1. The Bertz CT molecular complexity index is 1150. The second kappa shape index (κ2) is 8.41. The molecule has 0 saturated heterocycles. The molecule has 3 aromatic carbocycles. The van der Waals surface area contributed by atoms with Gasteiger partial charge in [-0.2, -0.15) is 0 Å². The number of halogens is 2. The highest BCUT2D eigenvalue weighted by Crippen LogP contribution is 2.45. The first-order valence-electron chi connectivity index (χ1n) is 10.5. The molecule has 0 radical (unpaired) electrons. The Balaban J connectivity index is 1.71. The fourth-order valence-electron chi connectivity index (χ4n) is 4.55. The topological polar surface area (TPSA) is 32.3 Å². The van der Waals surface area contributed by atoms with Crippen molar-refractivity contribution < 1.29 is 4.79 Å². The van der Waals surface area contributed by atoms with E-state index in [1.54, 1.807) is 0 Å². The zero-order valence-electron chi connectivity index (χ0n) is 16.9. The monoisotopic (exact) mass is 448 g/mol. The highest BCUT2D eigenvalue weighted by atomic mass is 35.5. The average Bonchev–Trinajstić information content (AvgIpc) is 2.91. The molecule has 0 amide bonds. The number of benzene rings is 3. The lowest BCUT2D eigenvalue weighted by molar-refractivity contribution is -0.116. The standard InChI is InChI=1S/C26H22Cl2N2O/c27-19-12-8-17(9-13-19)16-30-23-6-2-1-4-21(23)29-22-5-3-7-24(31)25(22)26(30)18-10-14-20(28)15-11-18/h1-2,4,6,8-15,26,29H,3,5,7,16H2. The molecule has 156 valence electrons. The summed E-state index contributed by atoms with van der Waals surface area (Å²) in [4.78, 5) is 15.6. The predicted octanol–water partition coefficient (Wildman–Crippen LogP) is 7.17. The van der Waals surface area contributed by atoms with Crippen molar-refractivity contribution in [2.45, 2.75) is 31.8 Å². The number of fused-ring (bicyclic) bond motifs is 1. The number of hydrogen-bond acceptors (Lipinski definition) is 3. The summed E-state index contributed by atoms with van der Waals surface area (Å²) in [5.41, 5.74) is 6.17. The summed E-state index contributed by atoms with van der Waals surface area (Å²) >= 11 is 12.3. The third-order valence-electron chi connectivity index (χ3n) is 5.99. The highest BCUT2D eigenvalue weighted by Gasteiger charge is 2.36. The Morgan fingerprint density at radius 1 is 0.871 bits per heavy atom. The number of hydrogen-bond donors (Lipinski definition) is 1. The van der Waals surface area contributed by atoms with Gasteiger partial charge in [0.1, 0.15) is 0 Å². The zero-order chi connectivity index (χ0) is 21.4. The second-order valence-electron chi connectivity index (χ2n) is 8.02. The van der Waals surface area contributed by atoms with Crippen LogP contribution >= 0.6 is 23.2 Å². The van der Waals surface area contributed by atoms with Crippen molar-refractivity contribution in [1.82, 2.24) is 0 Å². The Morgan fingerprint density at radius 3 is 2.29 bits per heavy atom. The first kappa shape index (κ1) is 20.2. The van der Waals surface area contributed by atoms with Crippen LogP contribution < -0.4 is 10.2 Å². The third-order valence-corrected chi connectivity index (χ3v) is 6.50. The fraction of sp³-hybridized carbons (Fsp3) is 0.192. The molecule has 0 spiro atoms. The number of para-hydroxylation sites is 2. The van der Waals surface area contributed by atoms with Crippen molar-refractivity contribution in [1.29, 1.82) is 0 Å². The maximum atomic E-state index is 13.3. The van der Waals surface area contributed by atoms with E-state index in [0.29, 0.717) is 23.0 Å². The Morgan fingerprint density at radius 2 is 1.55 bits per heavy atom. The lowest BCUT2D eigenvalue weighted by Gasteiger charge is -2.35. The molecule has 0 aromatic heterocycles. The van der Waals surface area contributed by atoms with Crippen molar-refractivity contribution in [3.63, 3.8) is 0 Å². The average molecular weight is 449 g/mol. The van der Waals surface area contributed by atoms with Crippen LogP contribution in [-0.2, 0) is 11.3 Å². The number of carbonyl (C=O) groups is 1. The summed E-state index contributed by atoms with van der Waals surface area (Å²) in [6.07, 6.45) is 2.32. The summed E-state index contributed by atoms with van der Waals surface area (Å²) in [7, 11) is 0. The van der Waals surface area contributed by atoms with Crippen LogP contribution in [0.25, 0.3) is 0 Å². The molecule has 5 heteroatoms. The number of nitrogens with zero attached hydrogens (tertiary/aromatic N) is 1. The van der Waals surface area contributed by atoms with Crippen LogP contribution in [0.15, 0.2) is 84.1 Å². The molecule has 31 heavy (non-hydrogen) atoms. The molecule has 1 heterocycles. The first-order valence-corrected chi connectivity index (χ1v) is 11.2. The molecule has 3 aromatic rings. The first-order chi connectivity index (χ1) is 15.1. The van der Waals surface area contributed by atoms with Crippen LogP contribution in [0.4, 0.5) is 11.4 Å². The minimum Gasteiger partial charge on any atom is -0.357 e. The van der Waals surface area contributed by atoms with Crippen LogP contribution in [-0.4, -0.2) is 5.78 Å². The smallest absolute Gasteiger partial charge is 0.163 e. The summed E-state index contributed by atoms with van der Waals surface area (Å²) < 4.78 is 0. The van der Waals surface area contributed by atoms with Crippen molar-refractivity contribution in [2.24, 2.45) is 0 Å². The summed E-state index contributed by atoms with van der Waals surface area (Å²) in [6.45, 7) is 0.646. The van der Waals surface area contributed by atoms with Crippen molar-refractivity contribution >= 4 is 40.4 Å². The molecule has 0 saturated carbocycles. The maximum absolute atomic E-state index is 13.3. The van der Waals surface area contributed by atoms with E-state index in [2.05, 4.69) is 22.3 Å². The molecule has 1 atom stereocenters. The Kier molecular flexibility index (Phi) is 5.47. The van der Waals surface area contributed by atoms with Crippen LogP contribution in [0.2, 0.25) is 10.0 Å². The zero-order valence-corrected chi connectivity index (χ0v) is 18.5. The van der Waals surface area contributed by atoms with Gasteiger partial charge in [0, 0.05) is 34.3 Å². The van der Waals surface area contributed by atoms with Crippen LogP contribution in [0, 0.1) is 0 Å². The number of anilines is 2. The van der Waals surface area contributed by atoms with Gasteiger partial charge in [-0.05, 0) is 60.4 Å². The molecule has 5 rings (SSSR count). The number of nitrogens with one attached hydrogen (secondary N) is 1. The highest BCUT2D eigenvalue weighted by molar-refractivity contribution is 6.30. The van der Waals surface area contributed by atoms with Gasteiger partial charge >= 0.3 is 0 Å². The number of Topliss-reactive ketones (excluding diaryl/α,β-unsaturated/α-hetero) is 1. The molecule has 1 unspecified atom stereocenters. The number of rotatable bonds is 3. The molecular weight excluding hydrogens is 427 g/mol. The third kappa shape index (κ3) is 3.96. The van der Waals surface area contributed by atoms with Gasteiger partial charge in [0.25, 0.3) is 0 Å². The van der Waals surface area contributed by atoms with E-state index in [1.165, 1.54) is 0 Å². The summed E-state index contributed by atoms with van der Waals surface area (Å²) in [6, 6.07) is 23.8. The minimum atomic E-state index is -0.202. The fourth-order valence-corrected chi connectivity index (χ4v) is 4.80. The largest absolute Gasteiger partial charge is 0.357 e. The molecule has 2 aliphatic rings. The predicted molar refractivity (Wildman–Crippen MR) is 128 cm³/mol. The van der Waals surface area contributed by atoms with E-state index in [-0.39, 0.29) is 11.8 Å². The summed E-state index contributed by atoms with van der Waals surface area (Å²) in [5.74, 6) is 0.211. The van der Waals surface area contributed by atoms with Gasteiger partial charge < -0.3 is 10.2 Å². The van der Waals surface area contributed by atoms with E-state index >= 15 is 0 Å². The van der Waals surface area contributed by atoms with Crippen LogP contribution in [0.1, 0.15) is 36.4 Å². The van der Waals surface area contributed by atoms with Gasteiger partial charge in [0.2, 0.25) is 0 Å². The SMILES string of the molecule is O=C1CCCC2=C1C(c1ccc(Cl)cc1)N(Cc1ccc(Cl)cc1)c1ccccc1N2. The normalized spacial score (nSPS) is 18.2. The van der Waals surface area contributed by atoms with Crippen molar-refractivity contribution in [3.05, 3.63) is 105 Å². The van der Waals surface area contributed by atoms with Crippen LogP contribution in [0.5, 0.6) is 0 Å².